The number of ether oxygens (including phenoxy) is 1. The van der Waals surface area contributed by atoms with Crippen molar-refractivity contribution >= 4 is 11.3 Å². The van der Waals surface area contributed by atoms with Crippen LogP contribution in [0.2, 0.25) is 0 Å². The van der Waals surface area contributed by atoms with E-state index in [1.54, 1.807) is 11.3 Å². The topological polar surface area (TPSA) is 21.3 Å². The van der Waals surface area contributed by atoms with E-state index >= 15 is 0 Å². The van der Waals surface area contributed by atoms with Gasteiger partial charge in [0.25, 0.3) is 0 Å². The lowest BCUT2D eigenvalue weighted by Gasteiger charge is -2.29. The number of likely N-dealkylation sites (N-methyl/N-ethyl adjacent to an activating group) is 1. The highest BCUT2D eigenvalue weighted by Crippen LogP contribution is 2.55. The third-order valence-electron chi connectivity index (χ3n) is 3.23. The predicted octanol–water partition coefficient (Wildman–Crippen LogP) is 2.07. The molecule has 3 rings (SSSR count). The quantitative estimate of drug-likeness (QED) is 0.810. The molecule has 0 aromatic carbocycles. The molecule has 1 aromatic heterocycles. The molecule has 1 aliphatic carbocycles. The summed E-state index contributed by atoms with van der Waals surface area (Å²) in [7, 11) is 0. The fourth-order valence-corrected chi connectivity index (χ4v) is 3.40. The van der Waals surface area contributed by atoms with Crippen molar-refractivity contribution in [2.45, 2.75) is 24.4 Å². The van der Waals surface area contributed by atoms with Gasteiger partial charge in [-0.15, -0.1) is 11.3 Å². The molecule has 76 valence electrons. The predicted molar refractivity (Wildman–Crippen MR) is 57.9 cm³/mol. The minimum absolute atomic E-state index is 0.108. The number of nitrogens with one attached hydrogen (secondary N) is 1. The first-order valence-electron chi connectivity index (χ1n) is 6.45. The summed E-state index contributed by atoms with van der Waals surface area (Å²) < 4.78 is 27.3. The normalized spacial score (nSPS) is 31.7. The minimum Gasteiger partial charge on any atom is -0.371 e. The third kappa shape index (κ3) is 1.16. The van der Waals surface area contributed by atoms with Crippen LogP contribution in [0.25, 0.3) is 0 Å². The molecular weight excluding hydrogens is 194 g/mol. The standard InChI is InChI=1S/C11H15NOS/c1-12-6-9-8-2-5-14-10(8)11(3-4-11)7-13-9/h2,5,9,12H,3-4,6-7H2,1H3/t9-/m0/s1/i1D3. The van der Waals surface area contributed by atoms with Gasteiger partial charge in [0.2, 0.25) is 0 Å². The summed E-state index contributed by atoms with van der Waals surface area (Å²) in [5.41, 5.74) is 1.47. The SMILES string of the molecule is [2H]C([2H])([2H])NC[C@@H]1OCC2(CC2)c2sccc21. The second-order valence-electron chi connectivity index (χ2n) is 4.17. The van der Waals surface area contributed by atoms with Gasteiger partial charge < -0.3 is 10.1 Å². The maximum absolute atomic E-state index is 7.16. The molecule has 1 spiro atoms. The number of fused-ring (bicyclic) bond motifs is 2. The third-order valence-corrected chi connectivity index (χ3v) is 4.40. The van der Waals surface area contributed by atoms with Crippen LogP contribution >= 0.6 is 11.3 Å². The van der Waals surface area contributed by atoms with Gasteiger partial charge in [-0.3, -0.25) is 0 Å². The summed E-state index contributed by atoms with van der Waals surface area (Å²) >= 11 is 1.78. The largest absolute Gasteiger partial charge is 0.371 e. The van der Waals surface area contributed by atoms with E-state index in [0.29, 0.717) is 6.54 Å². The second-order valence-corrected chi connectivity index (χ2v) is 5.08. The number of rotatable bonds is 2. The lowest BCUT2D eigenvalue weighted by molar-refractivity contribution is 0.0248. The van der Waals surface area contributed by atoms with Crippen molar-refractivity contribution in [3.8, 4) is 0 Å². The fraction of sp³-hybridized carbons (Fsp3) is 0.636. The highest BCUT2D eigenvalue weighted by atomic mass is 32.1. The Hall–Kier alpha value is -0.380. The van der Waals surface area contributed by atoms with Gasteiger partial charge in [0, 0.05) is 20.9 Å². The first-order valence-corrected chi connectivity index (χ1v) is 5.83. The molecule has 2 nitrogen and oxygen atoms in total. The van der Waals surface area contributed by atoms with Crippen LogP contribution in [0.5, 0.6) is 0 Å². The Balaban J connectivity index is 1.76. The van der Waals surface area contributed by atoms with Crippen molar-refractivity contribution in [1.82, 2.24) is 5.32 Å². The molecule has 1 fully saturated rings. The number of thiophene rings is 1. The van der Waals surface area contributed by atoms with E-state index < -0.39 is 6.98 Å². The molecule has 0 amide bonds. The molecule has 1 atom stereocenters. The van der Waals surface area contributed by atoms with Crippen molar-refractivity contribution in [1.29, 1.82) is 0 Å². The van der Waals surface area contributed by atoms with E-state index in [1.165, 1.54) is 23.3 Å². The zero-order chi connectivity index (χ0) is 12.1. The van der Waals surface area contributed by atoms with Crippen LogP contribution < -0.4 is 5.32 Å². The minimum atomic E-state index is -2.09. The maximum atomic E-state index is 7.16. The zero-order valence-electron chi connectivity index (χ0n) is 10.9. The van der Waals surface area contributed by atoms with Gasteiger partial charge in [0.05, 0.1) is 12.7 Å². The van der Waals surface area contributed by atoms with Gasteiger partial charge in [0.1, 0.15) is 0 Å². The average Bonchev–Trinajstić information content (AvgIpc) is 2.84. The number of hydrogen-bond donors (Lipinski definition) is 1. The van der Waals surface area contributed by atoms with Crippen molar-refractivity contribution in [3.63, 3.8) is 0 Å². The van der Waals surface area contributed by atoms with E-state index in [1.807, 2.05) is 0 Å². The maximum Gasteiger partial charge on any atom is 0.0960 e. The zero-order valence-corrected chi connectivity index (χ0v) is 8.69. The molecule has 0 bridgehead atoms. The highest BCUT2D eigenvalue weighted by Gasteiger charge is 2.50. The van der Waals surface area contributed by atoms with Crippen LogP contribution in [0, 0.1) is 0 Å². The molecule has 1 aliphatic heterocycles. The molecule has 0 radical (unpaired) electrons. The van der Waals surface area contributed by atoms with E-state index in [-0.39, 0.29) is 11.5 Å². The monoisotopic (exact) mass is 212 g/mol. The van der Waals surface area contributed by atoms with Crippen molar-refractivity contribution < 1.29 is 8.85 Å². The molecule has 0 unspecified atom stereocenters. The fourth-order valence-electron chi connectivity index (χ4n) is 2.20. The molecule has 1 aromatic rings. The summed E-state index contributed by atoms with van der Waals surface area (Å²) in [6.07, 6.45) is 2.31. The molecule has 1 saturated carbocycles. The number of hydrogen-bond acceptors (Lipinski definition) is 3. The van der Waals surface area contributed by atoms with Crippen LogP contribution in [-0.2, 0) is 10.2 Å². The van der Waals surface area contributed by atoms with Gasteiger partial charge >= 0.3 is 0 Å². The second kappa shape index (κ2) is 3.05. The molecule has 14 heavy (non-hydrogen) atoms. The molecule has 0 saturated heterocycles. The summed E-state index contributed by atoms with van der Waals surface area (Å²) in [6, 6.07) is 2.07. The van der Waals surface area contributed by atoms with Gasteiger partial charge in [-0.05, 0) is 36.8 Å². The van der Waals surface area contributed by atoms with Gasteiger partial charge in [0.15, 0.2) is 0 Å². The summed E-state index contributed by atoms with van der Waals surface area (Å²) in [5.74, 6) is 0. The first kappa shape index (κ1) is 6.26. The van der Waals surface area contributed by atoms with Crippen LogP contribution in [0.15, 0.2) is 11.4 Å². The van der Waals surface area contributed by atoms with E-state index in [0.717, 1.165) is 6.61 Å². The summed E-state index contributed by atoms with van der Waals surface area (Å²) in [4.78, 5) is 1.42. The van der Waals surface area contributed by atoms with E-state index in [9.17, 15) is 0 Å². The Morgan fingerprint density at radius 1 is 1.79 bits per heavy atom. The lowest BCUT2D eigenvalue weighted by atomic mass is 9.96. The average molecular weight is 212 g/mol. The van der Waals surface area contributed by atoms with Crippen molar-refractivity contribution in [3.05, 3.63) is 21.9 Å². The van der Waals surface area contributed by atoms with Crippen LogP contribution in [-0.4, -0.2) is 20.1 Å². The van der Waals surface area contributed by atoms with E-state index in [2.05, 4.69) is 16.8 Å². The Bertz CT molecular complexity index is 425. The van der Waals surface area contributed by atoms with Crippen LogP contribution in [0.4, 0.5) is 0 Å². The molecule has 3 heteroatoms. The molecule has 1 N–H and O–H groups in total. The van der Waals surface area contributed by atoms with E-state index in [4.69, 9.17) is 8.85 Å². The van der Waals surface area contributed by atoms with Gasteiger partial charge in [-0.2, -0.15) is 0 Å². The lowest BCUT2D eigenvalue weighted by Crippen LogP contribution is -2.29. The Labute approximate surface area is 92.5 Å². The first-order chi connectivity index (χ1) is 8.00. The molecule has 2 aliphatic rings. The van der Waals surface area contributed by atoms with Crippen molar-refractivity contribution in [2.24, 2.45) is 0 Å². The smallest absolute Gasteiger partial charge is 0.0960 e. The summed E-state index contributed by atoms with van der Waals surface area (Å²) in [6.45, 7) is -0.988. The highest BCUT2D eigenvalue weighted by molar-refractivity contribution is 7.10. The molecule has 2 heterocycles. The van der Waals surface area contributed by atoms with Crippen molar-refractivity contribution in [2.75, 3.05) is 20.1 Å². The Kier molecular flexibility index (Phi) is 1.36. The Morgan fingerprint density at radius 3 is 3.50 bits per heavy atom. The van der Waals surface area contributed by atoms with Gasteiger partial charge in [-0.1, -0.05) is 0 Å². The van der Waals surface area contributed by atoms with Gasteiger partial charge in [-0.25, -0.2) is 0 Å². The van der Waals surface area contributed by atoms with Crippen LogP contribution in [0.3, 0.4) is 0 Å². The van der Waals surface area contributed by atoms with Crippen LogP contribution in [0.1, 0.15) is 33.5 Å². The Morgan fingerprint density at radius 2 is 2.71 bits per heavy atom. The summed E-state index contributed by atoms with van der Waals surface area (Å²) in [5, 5.41) is 4.63. The molecular formula is C11H15NOS.